The smallest absolute Gasteiger partial charge is 0.308 e. The average Bonchev–Trinajstić information content (AvgIpc) is 2.20. The molecule has 1 N–H and O–H groups in total. The third-order valence-corrected chi connectivity index (χ3v) is 2.64. The minimum Gasteiger partial charge on any atom is -0.308 e. The molecule has 1 atom stereocenters. The molecular formula is C12H14ClF4N. The van der Waals surface area contributed by atoms with Gasteiger partial charge in [0.05, 0.1) is 6.54 Å². The molecule has 1 aromatic rings. The van der Waals surface area contributed by atoms with Crippen molar-refractivity contribution in [3.63, 3.8) is 0 Å². The Morgan fingerprint density at radius 3 is 2.56 bits per heavy atom. The van der Waals surface area contributed by atoms with Crippen molar-refractivity contribution in [2.75, 3.05) is 13.1 Å². The Balaban J connectivity index is 2.42. The van der Waals surface area contributed by atoms with Gasteiger partial charge in [-0.15, -0.1) is 0 Å². The number of benzene rings is 1. The molecule has 0 radical (unpaired) electrons. The molecule has 0 saturated heterocycles. The van der Waals surface area contributed by atoms with Crippen LogP contribution in [0.2, 0.25) is 5.02 Å². The summed E-state index contributed by atoms with van der Waals surface area (Å²) in [4.78, 5) is 0. The van der Waals surface area contributed by atoms with Crippen LogP contribution in [0.4, 0.5) is 17.6 Å². The molecule has 0 aromatic heterocycles. The molecule has 0 fully saturated rings. The van der Waals surface area contributed by atoms with Crippen LogP contribution in [0.1, 0.15) is 12.5 Å². The third-order valence-electron chi connectivity index (χ3n) is 2.40. The first-order chi connectivity index (χ1) is 8.28. The molecule has 1 nitrogen and oxygen atoms in total. The maximum Gasteiger partial charge on any atom is 0.401 e. The van der Waals surface area contributed by atoms with Crippen molar-refractivity contribution >= 4 is 11.6 Å². The number of rotatable bonds is 5. The van der Waals surface area contributed by atoms with E-state index in [1.54, 1.807) is 19.1 Å². The van der Waals surface area contributed by atoms with Gasteiger partial charge in [-0.1, -0.05) is 24.6 Å². The van der Waals surface area contributed by atoms with Gasteiger partial charge in [0.2, 0.25) is 0 Å². The minimum atomic E-state index is -4.22. The van der Waals surface area contributed by atoms with Crippen molar-refractivity contribution < 1.29 is 17.6 Å². The highest BCUT2D eigenvalue weighted by molar-refractivity contribution is 6.30. The molecule has 0 heterocycles. The second kappa shape index (κ2) is 6.38. The van der Waals surface area contributed by atoms with Crippen LogP contribution in [0.25, 0.3) is 0 Å². The Morgan fingerprint density at radius 2 is 2.00 bits per heavy atom. The molecule has 102 valence electrons. The van der Waals surface area contributed by atoms with Crippen LogP contribution in [0.15, 0.2) is 18.2 Å². The molecule has 1 unspecified atom stereocenters. The molecule has 1 rings (SSSR count). The summed E-state index contributed by atoms with van der Waals surface area (Å²) in [7, 11) is 0. The van der Waals surface area contributed by atoms with E-state index in [-0.39, 0.29) is 12.5 Å². The molecule has 0 spiro atoms. The highest BCUT2D eigenvalue weighted by Crippen LogP contribution is 2.18. The highest BCUT2D eigenvalue weighted by atomic mass is 35.5. The Bertz CT molecular complexity index is 392. The lowest BCUT2D eigenvalue weighted by molar-refractivity contribution is -0.125. The molecule has 1 aromatic carbocycles. The van der Waals surface area contributed by atoms with Gasteiger partial charge in [0.1, 0.15) is 5.82 Å². The van der Waals surface area contributed by atoms with Crippen LogP contribution >= 0.6 is 11.6 Å². The standard InChI is InChI=1S/C12H14ClF4N/c1-8(6-18-7-12(15,16)17)4-9-2-3-10(13)5-11(9)14/h2-3,5,8,18H,4,6-7H2,1H3. The van der Waals surface area contributed by atoms with Crippen LogP contribution in [0.5, 0.6) is 0 Å². The van der Waals surface area contributed by atoms with Crippen LogP contribution in [-0.4, -0.2) is 19.3 Å². The fourth-order valence-corrected chi connectivity index (χ4v) is 1.75. The van der Waals surface area contributed by atoms with Gasteiger partial charge in [0.15, 0.2) is 0 Å². The predicted molar refractivity (Wildman–Crippen MR) is 63.2 cm³/mol. The van der Waals surface area contributed by atoms with E-state index in [0.29, 0.717) is 17.0 Å². The number of hydrogen-bond donors (Lipinski definition) is 1. The zero-order valence-electron chi connectivity index (χ0n) is 9.82. The molecule has 0 aliphatic carbocycles. The first kappa shape index (κ1) is 15.2. The number of hydrogen-bond acceptors (Lipinski definition) is 1. The second-order valence-electron chi connectivity index (χ2n) is 4.29. The first-order valence-corrected chi connectivity index (χ1v) is 5.87. The van der Waals surface area contributed by atoms with Gasteiger partial charge >= 0.3 is 6.18 Å². The number of alkyl halides is 3. The average molecular weight is 284 g/mol. The van der Waals surface area contributed by atoms with Gasteiger partial charge < -0.3 is 5.32 Å². The predicted octanol–water partition coefficient (Wildman–Crippen LogP) is 3.81. The van der Waals surface area contributed by atoms with Crippen molar-refractivity contribution in [3.8, 4) is 0 Å². The summed E-state index contributed by atoms with van der Waals surface area (Å²) in [5.74, 6) is -0.520. The SMILES string of the molecule is CC(CNCC(F)(F)F)Cc1ccc(Cl)cc1F. The van der Waals surface area contributed by atoms with E-state index in [0.717, 1.165) is 0 Å². The van der Waals surface area contributed by atoms with Gasteiger partial charge in [-0.25, -0.2) is 4.39 Å². The van der Waals surface area contributed by atoms with E-state index in [4.69, 9.17) is 11.6 Å². The topological polar surface area (TPSA) is 12.0 Å². The van der Waals surface area contributed by atoms with Gasteiger partial charge in [-0.3, -0.25) is 0 Å². The lowest BCUT2D eigenvalue weighted by Crippen LogP contribution is -2.32. The van der Waals surface area contributed by atoms with E-state index in [1.165, 1.54) is 6.07 Å². The lowest BCUT2D eigenvalue weighted by atomic mass is 10.0. The summed E-state index contributed by atoms with van der Waals surface area (Å²) in [6, 6.07) is 4.32. The normalized spacial score (nSPS) is 13.7. The van der Waals surface area contributed by atoms with Crippen molar-refractivity contribution in [2.24, 2.45) is 5.92 Å². The van der Waals surface area contributed by atoms with Crippen LogP contribution in [0, 0.1) is 11.7 Å². The Morgan fingerprint density at radius 1 is 1.33 bits per heavy atom. The molecule has 6 heteroatoms. The fraction of sp³-hybridized carbons (Fsp3) is 0.500. The Hall–Kier alpha value is -0.810. The monoisotopic (exact) mass is 283 g/mol. The molecule has 0 bridgehead atoms. The summed E-state index contributed by atoms with van der Waals surface area (Å²) in [6.45, 7) is 0.916. The van der Waals surface area contributed by atoms with Gasteiger partial charge in [-0.2, -0.15) is 13.2 Å². The maximum atomic E-state index is 13.4. The first-order valence-electron chi connectivity index (χ1n) is 5.49. The summed E-state index contributed by atoms with van der Waals surface area (Å²) >= 11 is 5.61. The van der Waals surface area contributed by atoms with Crippen molar-refractivity contribution in [2.45, 2.75) is 19.5 Å². The minimum absolute atomic E-state index is 0.0944. The molecule has 0 saturated carbocycles. The second-order valence-corrected chi connectivity index (χ2v) is 4.73. The van der Waals surface area contributed by atoms with Crippen LogP contribution in [0.3, 0.4) is 0 Å². The zero-order valence-corrected chi connectivity index (χ0v) is 10.6. The number of halogens is 5. The Labute approximate surface area is 108 Å². The molecule has 0 amide bonds. The summed E-state index contributed by atoms with van der Waals surface area (Å²) in [5, 5.41) is 2.61. The van der Waals surface area contributed by atoms with Gasteiger partial charge in [0, 0.05) is 5.02 Å². The van der Waals surface area contributed by atoms with E-state index < -0.39 is 18.5 Å². The van der Waals surface area contributed by atoms with Crippen molar-refractivity contribution in [3.05, 3.63) is 34.6 Å². The van der Waals surface area contributed by atoms with Crippen molar-refractivity contribution in [1.82, 2.24) is 5.32 Å². The maximum absolute atomic E-state index is 13.4. The van der Waals surface area contributed by atoms with Crippen LogP contribution in [-0.2, 0) is 6.42 Å². The molecule has 0 aliphatic rings. The largest absolute Gasteiger partial charge is 0.401 e. The number of nitrogens with one attached hydrogen (secondary N) is 1. The Kier molecular flexibility index (Phi) is 5.41. The van der Waals surface area contributed by atoms with Crippen LogP contribution < -0.4 is 5.32 Å². The van der Waals surface area contributed by atoms with E-state index in [2.05, 4.69) is 5.32 Å². The molecule has 18 heavy (non-hydrogen) atoms. The zero-order chi connectivity index (χ0) is 13.8. The fourth-order valence-electron chi connectivity index (χ4n) is 1.60. The van der Waals surface area contributed by atoms with E-state index in [1.807, 2.05) is 0 Å². The summed E-state index contributed by atoms with van der Waals surface area (Å²) in [6.07, 6.45) is -3.85. The summed E-state index contributed by atoms with van der Waals surface area (Å²) < 4.78 is 49.2. The van der Waals surface area contributed by atoms with E-state index in [9.17, 15) is 17.6 Å². The molecular weight excluding hydrogens is 270 g/mol. The van der Waals surface area contributed by atoms with Gasteiger partial charge in [0.25, 0.3) is 0 Å². The quantitative estimate of drug-likeness (QED) is 0.810. The molecule has 0 aliphatic heterocycles. The summed E-state index contributed by atoms with van der Waals surface area (Å²) in [5.41, 5.74) is 0.459. The lowest BCUT2D eigenvalue weighted by Gasteiger charge is -2.14. The van der Waals surface area contributed by atoms with Gasteiger partial charge in [-0.05, 0) is 36.6 Å². The van der Waals surface area contributed by atoms with Crippen molar-refractivity contribution in [1.29, 1.82) is 0 Å². The highest BCUT2D eigenvalue weighted by Gasteiger charge is 2.26. The van der Waals surface area contributed by atoms with E-state index >= 15 is 0 Å². The third kappa shape index (κ3) is 5.69.